The maximum absolute atomic E-state index is 6.31. The predicted octanol–water partition coefficient (Wildman–Crippen LogP) is 4.46. The fraction of sp³-hybridized carbons (Fsp3) is 0.235. The van der Waals surface area contributed by atoms with Gasteiger partial charge in [-0.05, 0) is 24.3 Å². The number of anilines is 2. The van der Waals surface area contributed by atoms with Crippen molar-refractivity contribution in [2.75, 3.05) is 36.0 Å². The summed E-state index contributed by atoms with van der Waals surface area (Å²) in [6, 6.07) is 13.6. The lowest BCUT2D eigenvalue weighted by Gasteiger charge is -2.36. The molecular weight excluding hydrogens is 333 g/mol. The minimum atomic E-state index is 0.673. The maximum atomic E-state index is 6.31. The molecule has 0 aliphatic carbocycles. The average molecular weight is 348 g/mol. The molecule has 1 aliphatic rings. The zero-order chi connectivity index (χ0) is 15.8. The number of benzene rings is 2. The molecule has 23 heavy (non-hydrogen) atoms. The van der Waals surface area contributed by atoms with E-state index >= 15 is 0 Å². The van der Waals surface area contributed by atoms with E-state index in [1.807, 2.05) is 36.4 Å². The highest BCUT2D eigenvalue weighted by molar-refractivity contribution is 6.36. The number of aromatic nitrogens is 1. The summed E-state index contributed by atoms with van der Waals surface area (Å²) in [5.41, 5.74) is 1.80. The van der Waals surface area contributed by atoms with Crippen molar-refractivity contribution in [1.82, 2.24) is 5.16 Å². The average Bonchev–Trinajstić information content (AvgIpc) is 3.01. The van der Waals surface area contributed by atoms with Crippen molar-refractivity contribution in [3.8, 4) is 0 Å². The molecule has 1 aliphatic heterocycles. The standard InChI is InChI=1S/C17H15Cl2N3O/c18-12-4-1-2-6-14(12)21-8-10-22(11-9-21)17-16-13(19)5-3-7-15(16)23-20-17/h1-7H,8-11H2. The van der Waals surface area contributed by atoms with Crippen LogP contribution in [0.5, 0.6) is 0 Å². The quantitative estimate of drug-likeness (QED) is 0.684. The van der Waals surface area contributed by atoms with Crippen LogP contribution < -0.4 is 9.80 Å². The number of hydrogen-bond donors (Lipinski definition) is 0. The Morgan fingerprint density at radius 2 is 1.52 bits per heavy atom. The molecule has 118 valence electrons. The van der Waals surface area contributed by atoms with Crippen LogP contribution in [0.4, 0.5) is 11.5 Å². The number of piperazine rings is 1. The molecule has 1 fully saturated rings. The number of nitrogens with zero attached hydrogens (tertiary/aromatic N) is 3. The Morgan fingerprint density at radius 3 is 2.30 bits per heavy atom. The van der Waals surface area contributed by atoms with Crippen LogP contribution in [-0.4, -0.2) is 31.3 Å². The lowest BCUT2D eigenvalue weighted by Crippen LogP contribution is -2.46. The summed E-state index contributed by atoms with van der Waals surface area (Å²) in [7, 11) is 0. The minimum absolute atomic E-state index is 0.673. The van der Waals surface area contributed by atoms with Crippen molar-refractivity contribution < 1.29 is 4.52 Å². The van der Waals surface area contributed by atoms with Crippen LogP contribution in [0.3, 0.4) is 0 Å². The maximum Gasteiger partial charge on any atom is 0.181 e. The van der Waals surface area contributed by atoms with E-state index in [4.69, 9.17) is 27.7 Å². The third-order valence-electron chi connectivity index (χ3n) is 4.20. The largest absolute Gasteiger partial charge is 0.367 e. The molecule has 0 saturated carbocycles. The van der Waals surface area contributed by atoms with E-state index in [0.29, 0.717) is 5.02 Å². The Bertz CT molecular complexity index is 841. The number of rotatable bonds is 2. The van der Waals surface area contributed by atoms with Gasteiger partial charge in [0.2, 0.25) is 0 Å². The molecule has 4 nitrogen and oxygen atoms in total. The van der Waals surface area contributed by atoms with Crippen molar-refractivity contribution in [2.45, 2.75) is 0 Å². The van der Waals surface area contributed by atoms with Gasteiger partial charge < -0.3 is 14.3 Å². The Hall–Kier alpha value is -1.91. The van der Waals surface area contributed by atoms with Gasteiger partial charge in [0.15, 0.2) is 11.4 Å². The second-order valence-corrected chi connectivity index (χ2v) is 6.36. The van der Waals surface area contributed by atoms with Gasteiger partial charge in [-0.15, -0.1) is 0 Å². The zero-order valence-corrected chi connectivity index (χ0v) is 13.9. The normalized spacial score (nSPS) is 15.4. The number of halogens is 2. The van der Waals surface area contributed by atoms with Gasteiger partial charge in [-0.25, -0.2) is 0 Å². The second kappa shape index (κ2) is 5.95. The summed E-state index contributed by atoms with van der Waals surface area (Å²) in [6.45, 7) is 3.45. The van der Waals surface area contributed by atoms with Gasteiger partial charge in [-0.3, -0.25) is 0 Å². The van der Waals surface area contributed by atoms with Gasteiger partial charge in [0.05, 0.1) is 21.1 Å². The van der Waals surface area contributed by atoms with Gasteiger partial charge in [0.1, 0.15) is 0 Å². The molecule has 6 heteroatoms. The highest BCUT2D eigenvalue weighted by Crippen LogP contribution is 2.33. The smallest absolute Gasteiger partial charge is 0.181 e. The van der Waals surface area contributed by atoms with E-state index in [1.165, 1.54) is 0 Å². The van der Waals surface area contributed by atoms with E-state index in [-0.39, 0.29) is 0 Å². The van der Waals surface area contributed by atoms with Gasteiger partial charge in [0.25, 0.3) is 0 Å². The van der Waals surface area contributed by atoms with Crippen LogP contribution in [0.25, 0.3) is 11.0 Å². The highest BCUT2D eigenvalue weighted by atomic mass is 35.5. The van der Waals surface area contributed by atoms with Crippen LogP contribution in [0.1, 0.15) is 0 Å². The lowest BCUT2D eigenvalue weighted by atomic mass is 10.2. The molecule has 2 heterocycles. The molecule has 1 saturated heterocycles. The first kappa shape index (κ1) is 14.7. The molecule has 0 unspecified atom stereocenters. The summed E-state index contributed by atoms with van der Waals surface area (Å²) < 4.78 is 5.40. The van der Waals surface area contributed by atoms with Crippen molar-refractivity contribution in [2.24, 2.45) is 0 Å². The van der Waals surface area contributed by atoms with E-state index < -0.39 is 0 Å². The topological polar surface area (TPSA) is 32.5 Å². The molecule has 0 atom stereocenters. The molecule has 0 bridgehead atoms. The summed E-state index contributed by atoms with van der Waals surface area (Å²) in [6.07, 6.45) is 0. The monoisotopic (exact) mass is 347 g/mol. The summed E-state index contributed by atoms with van der Waals surface area (Å²) >= 11 is 12.6. The minimum Gasteiger partial charge on any atom is -0.367 e. The molecule has 0 spiro atoms. The number of fused-ring (bicyclic) bond motifs is 1. The van der Waals surface area contributed by atoms with Crippen molar-refractivity contribution in [3.63, 3.8) is 0 Å². The molecule has 4 rings (SSSR count). The first-order valence-electron chi connectivity index (χ1n) is 7.52. The van der Waals surface area contributed by atoms with E-state index in [1.54, 1.807) is 0 Å². The predicted molar refractivity (Wildman–Crippen MR) is 94.9 cm³/mol. The van der Waals surface area contributed by atoms with Crippen LogP contribution in [-0.2, 0) is 0 Å². The van der Waals surface area contributed by atoms with E-state index in [2.05, 4.69) is 21.0 Å². The molecule has 0 N–H and O–H groups in total. The Kier molecular flexibility index (Phi) is 3.79. The highest BCUT2D eigenvalue weighted by Gasteiger charge is 2.23. The molecule has 3 aromatic rings. The SMILES string of the molecule is Clc1ccccc1N1CCN(c2noc3cccc(Cl)c23)CC1. The molecular formula is C17H15Cl2N3O. The van der Waals surface area contributed by atoms with Gasteiger partial charge >= 0.3 is 0 Å². The molecule has 0 radical (unpaired) electrons. The van der Waals surface area contributed by atoms with Crippen LogP contribution >= 0.6 is 23.2 Å². The van der Waals surface area contributed by atoms with Crippen LogP contribution in [0.2, 0.25) is 10.0 Å². The summed E-state index contributed by atoms with van der Waals surface area (Å²) in [5, 5.41) is 6.57. The Morgan fingerprint density at radius 1 is 0.826 bits per heavy atom. The molecule has 0 amide bonds. The fourth-order valence-electron chi connectivity index (χ4n) is 3.02. The third-order valence-corrected chi connectivity index (χ3v) is 4.84. The van der Waals surface area contributed by atoms with E-state index in [0.717, 1.165) is 53.7 Å². The third kappa shape index (κ3) is 2.62. The van der Waals surface area contributed by atoms with Crippen LogP contribution in [0, 0.1) is 0 Å². The van der Waals surface area contributed by atoms with Gasteiger partial charge in [-0.2, -0.15) is 0 Å². The lowest BCUT2D eigenvalue weighted by molar-refractivity contribution is 0.453. The Labute approximate surface area is 144 Å². The first-order valence-corrected chi connectivity index (χ1v) is 8.28. The van der Waals surface area contributed by atoms with Gasteiger partial charge in [0, 0.05) is 26.2 Å². The fourth-order valence-corrected chi connectivity index (χ4v) is 3.52. The van der Waals surface area contributed by atoms with Crippen molar-refractivity contribution >= 4 is 45.7 Å². The number of hydrogen-bond acceptors (Lipinski definition) is 4. The Balaban J connectivity index is 1.57. The zero-order valence-electron chi connectivity index (χ0n) is 12.4. The van der Waals surface area contributed by atoms with Crippen molar-refractivity contribution in [3.05, 3.63) is 52.5 Å². The van der Waals surface area contributed by atoms with Crippen molar-refractivity contribution in [1.29, 1.82) is 0 Å². The molecule has 1 aromatic heterocycles. The van der Waals surface area contributed by atoms with Gasteiger partial charge in [-0.1, -0.05) is 46.6 Å². The summed E-state index contributed by atoms with van der Waals surface area (Å²) in [4.78, 5) is 4.51. The number of para-hydroxylation sites is 1. The van der Waals surface area contributed by atoms with E-state index in [9.17, 15) is 0 Å². The molecule has 2 aromatic carbocycles. The second-order valence-electron chi connectivity index (χ2n) is 5.54. The summed E-state index contributed by atoms with van der Waals surface area (Å²) in [5.74, 6) is 0.824. The van der Waals surface area contributed by atoms with Crippen LogP contribution in [0.15, 0.2) is 47.0 Å². The first-order chi connectivity index (χ1) is 11.2.